The highest BCUT2D eigenvalue weighted by molar-refractivity contribution is 8.02. The van der Waals surface area contributed by atoms with Crippen LogP contribution in [0.1, 0.15) is 6.92 Å². The lowest BCUT2D eigenvalue weighted by molar-refractivity contribution is -0.115. The molecule has 0 aliphatic carbocycles. The van der Waals surface area contributed by atoms with E-state index in [1.807, 2.05) is 73.0 Å². The Bertz CT molecular complexity index is 1170. The van der Waals surface area contributed by atoms with Gasteiger partial charge in [0.2, 0.25) is 5.91 Å². The van der Waals surface area contributed by atoms with Gasteiger partial charge in [-0.15, -0.1) is 16.4 Å². The van der Waals surface area contributed by atoms with Gasteiger partial charge in [-0.25, -0.2) is 9.67 Å². The number of nitrogens with zero attached hydrogens (tertiary/aromatic N) is 3. The fourth-order valence-electron chi connectivity index (χ4n) is 2.53. The number of nitrogens with one attached hydrogen (secondary N) is 1. The van der Waals surface area contributed by atoms with Crippen molar-refractivity contribution in [2.75, 3.05) is 5.32 Å². The van der Waals surface area contributed by atoms with Crippen molar-refractivity contribution >= 4 is 57.7 Å². The van der Waals surface area contributed by atoms with Crippen molar-refractivity contribution in [1.82, 2.24) is 14.8 Å². The Morgan fingerprint density at radius 2 is 1.83 bits per heavy atom. The number of carbonyl (C=O) groups is 1. The summed E-state index contributed by atoms with van der Waals surface area (Å²) in [5, 5.41) is 9.65. The number of aromatic nitrogens is 3. The van der Waals surface area contributed by atoms with Crippen molar-refractivity contribution in [3.8, 4) is 16.9 Å². The average Bonchev–Trinajstić information content (AvgIpc) is 3.35. The molecule has 1 atom stereocenters. The molecule has 29 heavy (non-hydrogen) atoms. The van der Waals surface area contributed by atoms with E-state index in [2.05, 4.69) is 15.4 Å². The summed E-state index contributed by atoms with van der Waals surface area (Å²) in [5.74, 6) is -0.114. The molecule has 2 heterocycles. The Morgan fingerprint density at radius 3 is 2.55 bits per heavy atom. The molecular weight excluding hydrogens is 441 g/mol. The number of hydrogen-bond acceptors (Lipinski definition) is 7. The van der Waals surface area contributed by atoms with Crippen LogP contribution >= 0.6 is 46.7 Å². The van der Waals surface area contributed by atoms with Gasteiger partial charge in [-0.1, -0.05) is 71.6 Å². The van der Waals surface area contributed by atoms with Gasteiger partial charge >= 0.3 is 0 Å². The van der Waals surface area contributed by atoms with Crippen LogP contribution in [-0.4, -0.2) is 25.9 Å². The molecule has 2 aromatic carbocycles. The summed E-state index contributed by atoms with van der Waals surface area (Å²) in [7, 11) is 0. The van der Waals surface area contributed by atoms with E-state index in [1.54, 1.807) is 4.68 Å². The molecule has 0 bridgehead atoms. The summed E-state index contributed by atoms with van der Waals surface area (Å²) in [5.41, 5.74) is 2.79. The predicted molar refractivity (Wildman–Crippen MR) is 124 cm³/mol. The minimum absolute atomic E-state index is 0.114. The maximum absolute atomic E-state index is 12.6. The summed E-state index contributed by atoms with van der Waals surface area (Å²) < 4.78 is 3.13. The van der Waals surface area contributed by atoms with E-state index >= 15 is 0 Å². The van der Waals surface area contributed by atoms with Crippen LogP contribution in [0.2, 0.25) is 0 Å². The van der Waals surface area contributed by atoms with Crippen LogP contribution in [0.5, 0.6) is 0 Å². The summed E-state index contributed by atoms with van der Waals surface area (Å²) >= 11 is 9.63. The Kier molecular flexibility index (Phi) is 6.19. The number of amides is 1. The molecule has 5 nitrogen and oxygen atoms in total. The van der Waals surface area contributed by atoms with Crippen LogP contribution in [0.4, 0.5) is 5.13 Å². The first-order valence-corrected chi connectivity index (χ1v) is 11.7. The molecule has 146 valence electrons. The molecular formula is C20H16N4OS4. The van der Waals surface area contributed by atoms with Crippen LogP contribution in [0.15, 0.2) is 70.4 Å². The van der Waals surface area contributed by atoms with Gasteiger partial charge in [-0.2, -0.15) is 0 Å². The molecule has 0 aliphatic heterocycles. The molecule has 4 rings (SSSR count). The Morgan fingerprint density at radius 1 is 1.14 bits per heavy atom. The largest absolute Gasteiger partial charge is 0.301 e. The van der Waals surface area contributed by atoms with Gasteiger partial charge in [-0.05, 0) is 31.3 Å². The summed E-state index contributed by atoms with van der Waals surface area (Å²) in [4.78, 5) is 17.1. The van der Waals surface area contributed by atoms with Gasteiger partial charge in [0.25, 0.3) is 0 Å². The van der Waals surface area contributed by atoms with Gasteiger partial charge in [0.05, 0.1) is 16.6 Å². The number of hydrogen-bond donors (Lipinski definition) is 1. The standard InChI is InChI=1S/C20H16N4OS4/c1-13(28-19-23-24(20(26)29-19)15-10-6-3-7-11-15)17(25)22-18-21-16(12-27-18)14-8-4-2-5-9-14/h2-13H,1H3,(H,21,22,25). The molecule has 9 heteroatoms. The van der Waals surface area contributed by atoms with Gasteiger partial charge in [0.15, 0.2) is 13.4 Å². The third-order valence-corrected chi connectivity index (χ3v) is 7.15. The number of thiazole rings is 1. The first-order valence-electron chi connectivity index (χ1n) is 8.74. The summed E-state index contributed by atoms with van der Waals surface area (Å²) in [6.45, 7) is 1.85. The number of carbonyl (C=O) groups excluding carboxylic acids is 1. The zero-order valence-electron chi connectivity index (χ0n) is 15.3. The Balaban J connectivity index is 1.42. The highest BCUT2D eigenvalue weighted by Crippen LogP contribution is 2.29. The fourth-order valence-corrected chi connectivity index (χ4v) is 5.75. The van der Waals surface area contributed by atoms with E-state index in [9.17, 15) is 4.79 Å². The van der Waals surface area contributed by atoms with Crippen molar-refractivity contribution < 1.29 is 4.79 Å². The molecule has 0 saturated heterocycles. The summed E-state index contributed by atoms with van der Waals surface area (Å²) in [6.07, 6.45) is 0. The van der Waals surface area contributed by atoms with Crippen LogP contribution in [0, 0.1) is 3.95 Å². The Hall–Kier alpha value is -2.33. The van der Waals surface area contributed by atoms with Crippen molar-refractivity contribution in [2.45, 2.75) is 16.5 Å². The highest BCUT2D eigenvalue weighted by Gasteiger charge is 2.19. The smallest absolute Gasteiger partial charge is 0.239 e. The van der Waals surface area contributed by atoms with Crippen molar-refractivity contribution in [2.24, 2.45) is 0 Å². The molecule has 0 radical (unpaired) electrons. The van der Waals surface area contributed by atoms with E-state index in [4.69, 9.17) is 12.2 Å². The second kappa shape index (κ2) is 9.00. The lowest BCUT2D eigenvalue weighted by atomic mass is 10.2. The second-order valence-corrected chi connectivity index (χ2v) is 10.1. The molecule has 0 aliphatic rings. The molecule has 1 N–H and O–H groups in total. The molecule has 0 spiro atoms. The number of benzene rings is 2. The van der Waals surface area contributed by atoms with Crippen molar-refractivity contribution in [3.05, 3.63) is 70.0 Å². The zero-order valence-corrected chi connectivity index (χ0v) is 18.6. The normalized spacial score (nSPS) is 11.9. The monoisotopic (exact) mass is 456 g/mol. The van der Waals surface area contributed by atoms with E-state index in [-0.39, 0.29) is 11.2 Å². The predicted octanol–water partition coefficient (Wildman–Crippen LogP) is 5.91. The van der Waals surface area contributed by atoms with Crippen LogP contribution in [0.25, 0.3) is 16.9 Å². The number of para-hydroxylation sites is 1. The molecule has 0 saturated carbocycles. The first kappa shape index (κ1) is 20.0. The fraction of sp³-hybridized carbons (Fsp3) is 0.100. The van der Waals surface area contributed by atoms with Crippen molar-refractivity contribution in [1.29, 1.82) is 0 Å². The Labute approximate surface area is 185 Å². The first-order chi connectivity index (χ1) is 14.1. The molecule has 0 fully saturated rings. The van der Waals surface area contributed by atoms with Gasteiger partial charge in [-0.3, -0.25) is 4.79 Å². The van der Waals surface area contributed by atoms with E-state index in [0.29, 0.717) is 9.09 Å². The summed E-state index contributed by atoms with van der Waals surface area (Å²) in [6, 6.07) is 19.6. The molecule has 1 unspecified atom stereocenters. The van der Waals surface area contributed by atoms with Gasteiger partial charge in [0.1, 0.15) is 0 Å². The van der Waals surface area contributed by atoms with Crippen LogP contribution in [-0.2, 0) is 4.79 Å². The molecule has 1 amide bonds. The second-order valence-electron chi connectivity index (χ2n) is 6.03. The maximum Gasteiger partial charge on any atom is 0.239 e. The lowest BCUT2D eigenvalue weighted by Gasteiger charge is -2.08. The zero-order chi connectivity index (χ0) is 20.2. The van der Waals surface area contributed by atoms with Crippen LogP contribution in [0.3, 0.4) is 0 Å². The third kappa shape index (κ3) is 4.81. The van der Waals surface area contributed by atoms with Crippen molar-refractivity contribution in [3.63, 3.8) is 0 Å². The minimum atomic E-state index is -0.330. The van der Waals surface area contributed by atoms with Gasteiger partial charge in [0, 0.05) is 10.9 Å². The maximum atomic E-state index is 12.6. The van der Waals surface area contributed by atoms with E-state index in [1.165, 1.54) is 34.4 Å². The quantitative estimate of drug-likeness (QED) is 0.289. The third-order valence-electron chi connectivity index (χ3n) is 3.98. The SMILES string of the molecule is CC(Sc1nn(-c2ccccc2)c(=S)s1)C(=O)Nc1nc(-c2ccccc2)cs1. The van der Waals surface area contributed by atoms with E-state index in [0.717, 1.165) is 21.3 Å². The molecule has 4 aromatic rings. The minimum Gasteiger partial charge on any atom is -0.301 e. The number of rotatable bonds is 6. The molecule has 2 aromatic heterocycles. The average molecular weight is 457 g/mol. The topological polar surface area (TPSA) is 59.8 Å². The van der Waals surface area contributed by atoms with Gasteiger partial charge < -0.3 is 5.32 Å². The lowest BCUT2D eigenvalue weighted by Crippen LogP contribution is -2.22. The number of anilines is 1. The van der Waals surface area contributed by atoms with E-state index < -0.39 is 0 Å². The number of thioether (sulfide) groups is 1. The highest BCUT2D eigenvalue weighted by atomic mass is 32.2. The van der Waals surface area contributed by atoms with Crippen LogP contribution < -0.4 is 5.32 Å².